The van der Waals surface area contributed by atoms with E-state index in [2.05, 4.69) is 21.2 Å². The first kappa shape index (κ1) is 32.3. The monoisotopic (exact) mass is 645 g/mol. The highest BCUT2D eigenvalue weighted by molar-refractivity contribution is 9.10. The van der Waals surface area contributed by atoms with Gasteiger partial charge in [-0.05, 0) is 59.9 Å². The maximum absolute atomic E-state index is 13.8. The van der Waals surface area contributed by atoms with Crippen molar-refractivity contribution >= 4 is 43.5 Å². The number of amides is 2. The van der Waals surface area contributed by atoms with Crippen LogP contribution in [0.25, 0.3) is 0 Å². The lowest BCUT2D eigenvalue weighted by Crippen LogP contribution is -2.51. The van der Waals surface area contributed by atoms with Gasteiger partial charge in [0.25, 0.3) is 0 Å². The first-order valence-corrected chi connectivity index (χ1v) is 16.2. The molecule has 220 valence electrons. The quantitative estimate of drug-likeness (QED) is 0.249. The fraction of sp³-hybridized carbons (Fsp3) is 0.355. The molecule has 10 heteroatoms. The fourth-order valence-corrected chi connectivity index (χ4v) is 5.60. The van der Waals surface area contributed by atoms with E-state index in [9.17, 15) is 22.4 Å². The molecule has 1 N–H and O–H groups in total. The van der Waals surface area contributed by atoms with Crippen molar-refractivity contribution < 1.29 is 22.4 Å². The molecule has 0 aliphatic heterocycles. The number of sulfonamides is 1. The first-order chi connectivity index (χ1) is 19.4. The second kappa shape index (κ2) is 15.1. The number of halogens is 2. The Morgan fingerprint density at radius 1 is 0.927 bits per heavy atom. The first-order valence-electron chi connectivity index (χ1n) is 13.5. The molecule has 3 rings (SSSR count). The summed E-state index contributed by atoms with van der Waals surface area (Å²) in [5.41, 5.74) is 2.11. The Bertz CT molecular complexity index is 1390. The summed E-state index contributed by atoms with van der Waals surface area (Å²) in [6.07, 6.45) is 1.64. The molecule has 0 aliphatic carbocycles. The zero-order valence-corrected chi connectivity index (χ0v) is 26.0. The summed E-state index contributed by atoms with van der Waals surface area (Å²) in [6.45, 7) is 4.74. The minimum absolute atomic E-state index is 0.0203. The van der Waals surface area contributed by atoms with E-state index in [0.717, 1.165) is 26.2 Å². The summed E-state index contributed by atoms with van der Waals surface area (Å²) in [5, 5.41) is 2.99. The fourth-order valence-electron chi connectivity index (χ4n) is 4.37. The van der Waals surface area contributed by atoms with Crippen LogP contribution in [0.4, 0.5) is 10.1 Å². The number of hydrogen-bond donors (Lipinski definition) is 1. The summed E-state index contributed by atoms with van der Waals surface area (Å²) < 4.78 is 40.5. The normalized spacial score (nSPS) is 12.1. The van der Waals surface area contributed by atoms with Gasteiger partial charge in [-0.3, -0.25) is 13.9 Å². The maximum Gasteiger partial charge on any atom is 0.243 e. The summed E-state index contributed by atoms with van der Waals surface area (Å²) >= 11 is 3.44. The van der Waals surface area contributed by atoms with Gasteiger partial charge in [-0.2, -0.15) is 0 Å². The second-order valence-corrected chi connectivity index (χ2v) is 13.2. The van der Waals surface area contributed by atoms with Crippen LogP contribution in [0.2, 0.25) is 0 Å². The summed E-state index contributed by atoms with van der Waals surface area (Å²) in [7, 11) is -3.67. The van der Waals surface area contributed by atoms with Crippen molar-refractivity contribution in [2.24, 2.45) is 5.92 Å². The Morgan fingerprint density at radius 2 is 1.56 bits per heavy atom. The van der Waals surface area contributed by atoms with E-state index in [0.29, 0.717) is 18.7 Å². The molecule has 0 saturated heterocycles. The van der Waals surface area contributed by atoms with E-state index < -0.39 is 21.9 Å². The van der Waals surface area contributed by atoms with Crippen molar-refractivity contribution in [3.63, 3.8) is 0 Å². The van der Waals surface area contributed by atoms with Gasteiger partial charge in [0, 0.05) is 36.9 Å². The van der Waals surface area contributed by atoms with Gasteiger partial charge in [0.2, 0.25) is 21.8 Å². The molecule has 0 fully saturated rings. The van der Waals surface area contributed by atoms with Gasteiger partial charge < -0.3 is 10.2 Å². The number of nitrogens with one attached hydrogen (secondary N) is 1. The third-order valence-corrected chi connectivity index (χ3v) is 8.21. The van der Waals surface area contributed by atoms with E-state index in [1.54, 1.807) is 4.90 Å². The van der Waals surface area contributed by atoms with E-state index in [1.807, 2.05) is 68.4 Å². The molecule has 0 radical (unpaired) electrons. The van der Waals surface area contributed by atoms with Crippen LogP contribution in [0.15, 0.2) is 83.3 Å². The molecule has 7 nitrogen and oxygen atoms in total. The van der Waals surface area contributed by atoms with Crippen LogP contribution in [0.1, 0.15) is 37.8 Å². The molecule has 0 aromatic heterocycles. The van der Waals surface area contributed by atoms with Crippen molar-refractivity contribution in [1.29, 1.82) is 0 Å². The van der Waals surface area contributed by atoms with Crippen LogP contribution >= 0.6 is 15.9 Å². The minimum atomic E-state index is -3.67. The van der Waals surface area contributed by atoms with Gasteiger partial charge in [-0.1, -0.05) is 72.2 Å². The van der Waals surface area contributed by atoms with Gasteiger partial charge in [0.1, 0.15) is 11.9 Å². The summed E-state index contributed by atoms with van der Waals surface area (Å²) in [4.78, 5) is 28.9. The highest BCUT2D eigenvalue weighted by Gasteiger charge is 2.30. The molecule has 0 aliphatic rings. The lowest BCUT2D eigenvalue weighted by Gasteiger charge is -2.32. The Balaban J connectivity index is 1.87. The number of hydrogen-bond acceptors (Lipinski definition) is 4. The van der Waals surface area contributed by atoms with Gasteiger partial charge in [-0.25, -0.2) is 12.8 Å². The molecule has 0 spiro atoms. The Morgan fingerprint density at radius 3 is 2.15 bits per heavy atom. The van der Waals surface area contributed by atoms with Crippen LogP contribution in [0.5, 0.6) is 0 Å². The number of anilines is 1. The molecular formula is C31H37BrFN3O4S. The van der Waals surface area contributed by atoms with E-state index in [-0.39, 0.29) is 43.7 Å². The number of nitrogens with zero attached hydrogens (tertiary/aromatic N) is 2. The van der Waals surface area contributed by atoms with Gasteiger partial charge in [0.05, 0.1) is 11.9 Å². The smallest absolute Gasteiger partial charge is 0.243 e. The Labute approximate surface area is 250 Å². The molecule has 0 unspecified atom stereocenters. The molecule has 0 heterocycles. The predicted octanol–water partition coefficient (Wildman–Crippen LogP) is 5.55. The van der Waals surface area contributed by atoms with E-state index >= 15 is 0 Å². The summed E-state index contributed by atoms with van der Waals surface area (Å²) in [5.74, 6) is -0.736. The van der Waals surface area contributed by atoms with Crippen LogP contribution < -0.4 is 9.62 Å². The Hall–Kier alpha value is -3.24. The molecule has 41 heavy (non-hydrogen) atoms. The molecule has 3 aromatic carbocycles. The second-order valence-electron chi connectivity index (χ2n) is 10.4. The van der Waals surface area contributed by atoms with E-state index in [4.69, 9.17) is 0 Å². The van der Waals surface area contributed by atoms with Gasteiger partial charge in [-0.15, -0.1) is 0 Å². The van der Waals surface area contributed by atoms with Crippen molar-refractivity contribution in [2.75, 3.05) is 23.7 Å². The third kappa shape index (κ3) is 10.3. The highest BCUT2D eigenvalue weighted by atomic mass is 79.9. The largest absolute Gasteiger partial charge is 0.354 e. The number of carbonyl (C=O) groups is 2. The average molecular weight is 647 g/mol. The SMILES string of the molecule is CC(C)CNC(=O)[C@H](Cc1ccccc1)N(Cc1ccc(Br)cc1)C(=O)CCCN(c1ccc(F)cc1)S(C)(=O)=O. The van der Waals surface area contributed by atoms with E-state index in [1.165, 1.54) is 24.3 Å². The van der Waals surface area contributed by atoms with Gasteiger partial charge >= 0.3 is 0 Å². The number of carbonyl (C=O) groups excluding carboxylic acids is 2. The zero-order valence-electron chi connectivity index (χ0n) is 23.6. The lowest BCUT2D eigenvalue weighted by molar-refractivity contribution is -0.141. The van der Waals surface area contributed by atoms with Crippen LogP contribution in [0.3, 0.4) is 0 Å². The third-order valence-electron chi connectivity index (χ3n) is 6.49. The minimum Gasteiger partial charge on any atom is -0.354 e. The van der Waals surface area contributed by atoms with Crippen LogP contribution in [0, 0.1) is 11.7 Å². The van der Waals surface area contributed by atoms with Crippen molar-refractivity contribution in [1.82, 2.24) is 10.2 Å². The lowest BCUT2D eigenvalue weighted by atomic mass is 10.0. The molecule has 0 bridgehead atoms. The standard InChI is InChI=1S/C31H37BrFN3O4S/c1-23(2)21-34-31(38)29(20-24-8-5-4-6-9-24)35(22-25-11-13-26(32)14-12-25)30(37)10-7-19-36(41(3,39)40)28-17-15-27(33)16-18-28/h4-6,8-9,11-18,23,29H,7,10,19-22H2,1-3H3,(H,34,38)/t29-/m0/s1. The Kier molecular flexibility index (Phi) is 11.9. The zero-order chi connectivity index (χ0) is 30.0. The predicted molar refractivity (Wildman–Crippen MR) is 164 cm³/mol. The molecule has 2 amide bonds. The topological polar surface area (TPSA) is 86.8 Å². The van der Waals surface area contributed by atoms with Crippen molar-refractivity contribution in [3.8, 4) is 0 Å². The van der Waals surface area contributed by atoms with Crippen LogP contribution in [-0.4, -0.2) is 50.5 Å². The van der Waals surface area contributed by atoms with Crippen molar-refractivity contribution in [3.05, 3.63) is 100 Å². The molecule has 1 atom stereocenters. The average Bonchev–Trinajstić information content (AvgIpc) is 2.93. The van der Waals surface area contributed by atoms with Crippen LogP contribution in [-0.2, 0) is 32.6 Å². The number of benzene rings is 3. The summed E-state index contributed by atoms with van der Waals surface area (Å²) in [6, 6.07) is 21.5. The van der Waals surface area contributed by atoms with Gasteiger partial charge in [0.15, 0.2) is 0 Å². The maximum atomic E-state index is 13.8. The molecule has 3 aromatic rings. The molecular weight excluding hydrogens is 609 g/mol. The molecule has 0 saturated carbocycles. The highest BCUT2D eigenvalue weighted by Crippen LogP contribution is 2.21. The van der Waals surface area contributed by atoms with Crippen molar-refractivity contribution in [2.45, 2.75) is 45.7 Å². The number of rotatable bonds is 14.